The van der Waals surface area contributed by atoms with Gasteiger partial charge in [0.15, 0.2) is 0 Å². The molecule has 4 nitrogen and oxygen atoms in total. The fraction of sp³-hybridized carbons (Fsp3) is 0.385. The Labute approximate surface area is 119 Å². The van der Waals surface area contributed by atoms with Crippen LogP contribution in [0.3, 0.4) is 0 Å². The number of hydrogen-bond acceptors (Lipinski definition) is 2. The molecule has 1 unspecified atom stereocenters. The van der Waals surface area contributed by atoms with E-state index in [2.05, 4.69) is 21.2 Å². The van der Waals surface area contributed by atoms with E-state index < -0.39 is 17.7 Å². The summed E-state index contributed by atoms with van der Waals surface area (Å²) < 4.78 is 13.6. The van der Waals surface area contributed by atoms with Gasteiger partial charge in [0.2, 0.25) is 0 Å². The first-order valence-electron chi connectivity index (χ1n) is 5.89. The van der Waals surface area contributed by atoms with Gasteiger partial charge in [-0.15, -0.1) is 0 Å². The number of halogens is 2. The van der Waals surface area contributed by atoms with Gasteiger partial charge >= 0.3 is 5.97 Å². The highest BCUT2D eigenvalue weighted by Crippen LogP contribution is 2.16. The topological polar surface area (TPSA) is 66.4 Å². The van der Waals surface area contributed by atoms with E-state index in [0.29, 0.717) is 10.9 Å². The van der Waals surface area contributed by atoms with Crippen LogP contribution in [0.15, 0.2) is 22.7 Å². The monoisotopic (exact) mass is 331 g/mol. The predicted octanol–water partition coefficient (Wildman–Crippen LogP) is 2.82. The van der Waals surface area contributed by atoms with Crippen LogP contribution in [0.2, 0.25) is 0 Å². The second-order valence-electron chi connectivity index (χ2n) is 4.21. The Balaban J connectivity index is 2.59. The number of carboxylic acids is 1. The number of carboxylic acid groups (broad SMARTS) is 1. The summed E-state index contributed by atoms with van der Waals surface area (Å²) in [6.07, 6.45) is 0.659. The van der Waals surface area contributed by atoms with Crippen LogP contribution in [0.25, 0.3) is 0 Å². The summed E-state index contributed by atoms with van der Waals surface area (Å²) in [5.74, 6) is -1.93. The summed E-state index contributed by atoms with van der Waals surface area (Å²) in [5, 5.41) is 11.3. The van der Waals surface area contributed by atoms with Crippen LogP contribution in [0.5, 0.6) is 0 Å². The number of hydrogen-bond donors (Lipinski definition) is 2. The number of rotatable bonds is 6. The first kappa shape index (κ1) is 15.6. The highest BCUT2D eigenvalue weighted by molar-refractivity contribution is 9.10. The van der Waals surface area contributed by atoms with E-state index >= 15 is 0 Å². The van der Waals surface area contributed by atoms with E-state index in [-0.39, 0.29) is 24.4 Å². The third-order valence-corrected chi connectivity index (χ3v) is 3.42. The highest BCUT2D eigenvalue weighted by atomic mass is 79.9. The van der Waals surface area contributed by atoms with Crippen molar-refractivity contribution in [1.29, 1.82) is 0 Å². The summed E-state index contributed by atoms with van der Waals surface area (Å²) in [4.78, 5) is 22.4. The van der Waals surface area contributed by atoms with E-state index in [1.807, 2.05) is 6.92 Å². The normalized spacial score (nSPS) is 11.9. The van der Waals surface area contributed by atoms with E-state index in [1.54, 1.807) is 0 Å². The zero-order valence-electron chi connectivity index (χ0n) is 10.5. The third kappa shape index (κ3) is 4.98. The number of aliphatic carboxylic acids is 1. The summed E-state index contributed by atoms with van der Waals surface area (Å²) in [7, 11) is 0. The molecule has 0 radical (unpaired) electrons. The molecular formula is C13H15BrFNO3. The molecule has 104 valence electrons. The number of nitrogens with one attached hydrogen (secondary N) is 1. The molecule has 1 rings (SSSR count). The van der Waals surface area contributed by atoms with E-state index in [1.165, 1.54) is 12.1 Å². The lowest BCUT2D eigenvalue weighted by Crippen LogP contribution is -2.30. The minimum Gasteiger partial charge on any atom is -0.481 e. The lowest BCUT2D eigenvalue weighted by molar-refractivity contribution is -0.138. The molecule has 19 heavy (non-hydrogen) atoms. The van der Waals surface area contributed by atoms with Crippen LogP contribution in [-0.2, 0) is 4.79 Å². The van der Waals surface area contributed by atoms with Crippen LogP contribution in [0, 0.1) is 11.7 Å². The van der Waals surface area contributed by atoms with Gasteiger partial charge in [-0.2, -0.15) is 0 Å². The standard InChI is InChI=1S/C13H15BrFNO3/c1-2-8(5-12(17)18)7-16-13(19)9-3-4-10(14)11(15)6-9/h3-4,6,8H,2,5,7H2,1H3,(H,16,19)(H,17,18). The Kier molecular flexibility index (Phi) is 5.95. The maximum atomic E-state index is 13.3. The second-order valence-corrected chi connectivity index (χ2v) is 5.07. The molecule has 0 saturated heterocycles. The van der Waals surface area contributed by atoms with Gasteiger partial charge < -0.3 is 10.4 Å². The summed E-state index contributed by atoms with van der Waals surface area (Å²) in [5.41, 5.74) is 0.214. The molecule has 0 aliphatic carbocycles. The van der Waals surface area contributed by atoms with Gasteiger partial charge in [-0.3, -0.25) is 9.59 Å². The van der Waals surface area contributed by atoms with Crippen LogP contribution in [0.4, 0.5) is 4.39 Å². The van der Waals surface area contributed by atoms with Crippen molar-refractivity contribution in [2.75, 3.05) is 6.54 Å². The molecule has 1 atom stereocenters. The maximum Gasteiger partial charge on any atom is 0.303 e. The Hall–Kier alpha value is -1.43. The fourth-order valence-corrected chi connectivity index (χ4v) is 1.83. The Bertz CT molecular complexity index is 479. The molecule has 1 aromatic carbocycles. The zero-order valence-corrected chi connectivity index (χ0v) is 12.0. The smallest absolute Gasteiger partial charge is 0.303 e. The van der Waals surface area contributed by atoms with Crippen molar-refractivity contribution in [3.8, 4) is 0 Å². The molecule has 0 fully saturated rings. The third-order valence-electron chi connectivity index (χ3n) is 2.77. The number of benzene rings is 1. The van der Waals surface area contributed by atoms with Crippen molar-refractivity contribution in [2.24, 2.45) is 5.92 Å². The highest BCUT2D eigenvalue weighted by Gasteiger charge is 2.14. The van der Waals surface area contributed by atoms with Gasteiger partial charge in [0.1, 0.15) is 5.82 Å². The largest absolute Gasteiger partial charge is 0.481 e. The lowest BCUT2D eigenvalue weighted by atomic mass is 10.0. The minimum atomic E-state index is -0.893. The number of carbonyl (C=O) groups is 2. The van der Waals surface area contributed by atoms with Crippen molar-refractivity contribution >= 4 is 27.8 Å². The number of amides is 1. The zero-order chi connectivity index (χ0) is 14.4. The van der Waals surface area contributed by atoms with Crippen molar-refractivity contribution in [3.63, 3.8) is 0 Å². The summed E-state index contributed by atoms with van der Waals surface area (Å²) in [6.45, 7) is 2.12. The van der Waals surface area contributed by atoms with Gasteiger partial charge in [0.05, 0.1) is 4.47 Å². The van der Waals surface area contributed by atoms with Gasteiger partial charge in [-0.1, -0.05) is 13.3 Å². The summed E-state index contributed by atoms with van der Waals surface area (Å²) >= 11 is 3.01. The van der Waals surface area contributed by atoms with Gasteiger partial charge in [-0.25, -0.2) is 4.39 Å². The molecule has 0 spiro atoms. The van der Waals surface area contributed by atoms with Gasteiger partial charge in [-0.05, 0) is 40.0 Å². The minimum absolute atomic E-state index is 0.00544. The Morgan fingerprint density at radius 2 is 2.16 bits per heavy atom. The molecule has 6 heteroatoms. The van der Waals surface area contributed by atoms with Crippen LogP contribution < -0.4 is 5.32 Å². The quantitative estimate of drug-likeness (QED) is 0.842. The molecule has 0 heterocycles. The lowest BCUT2D eigenvalue weighted by Gasteiger charge is -2.13. The Morgan fingerprint density at radius 3 is 2.68 bits per heavy atom. The van der Waals surface area contributed by atoms with Crippen molar-refractivity contribution in [1.82, 2.24) is 5.32 Å². The summed E-state index contributed by atoms with van der Waals surface area (Å²) in [6, 6.07) is 4.09. The van der Waals surface area contributed by atoms with Crippen LogP contribution in [-0.4, -0.2) is 23.5 Å². The van der Waals surface area contributed by atoms with Crippen LogP contribution >= 0.6 is 15.9 Å². The predicted molar refractivity (Wildman–Crippen MR) is 72.5 cm³/mol. The molecule has 0 bridgehead atoms. The molecular weight excluding hydrogens is 317 g/mol. The molecule has 0 saturated carbocycles. The van der Waals surface area contributed by atoms with Gasteiger partial charge in [0, 0.05) is 18.5 Å². The average Bonchev–Trinajstić information content (AvgIpc) is 2.36. The van der Waals surface area contributed by atoms with Crippen molar-refractivity contribution < 1.29 is 19.1 Å². The molecule has 0 aliphatic heterocycles. The molecule has 0 aromatic heterocycles. The van der Waals surface area contributed by atoms with Crippen LogP contribution in [0.1, 0.15) is 30.1 Å². The second kappa shape index (κ2) is 7.23. The van der Waals surface area contributed by atoms with Crippen molar-refractivity contribution in [3.05, 3.63) is 34.1 Å². The first-order chi connectivity index (χ1) is 8.93. The SMILES string of the molecule is CCC(CNC(=O)c1ccc(Br)c(F)c1)CC(=O)O. The first-order valence-corrected chi connectivity index (χ1v) is 6.68. The van der Waals surface area contributed by atoms with Crippen molar-refractivity contribution in [2.45, 2.75) is 19.8 Å². The van der Waals surface area contributed by atoms with E-state index in [9.17, 15) is 14.0 Å². The van der Waals surface area contributed by atoms with Gasteiger partial charge in [0.25, 0.3) is 5.91 Å². The molecule has 1 amide bonds. The van der Waals surface area contributed by atoms with E-state index in [0.717, 1.165) is 6.07 Å². The average molecular weight is 332 g/mol. The Morgan fingerprint density at radius 1 is 1.47 bits per heavy atom. The maximum absolute atomic E-state index is 13.3. The molecule has 2 N–H and O–H groups in total. The van der Waals surface area contributed by atoms with E-state index in [4.69, 9.17) is 5.11 Å². The fourth-order valence-electron chi connectivity index (χ4n) is 1.58. The molecule has 1 aromatic rings. The number of carbonyl (C=O) groups excluding carboxylic acids is 1. The molecule has 0 aliphatic rings.